The van der Waals surface area contributed by atoms with Gasteiger partial charge in [-0.1, -0.05) is 11.6 Å². The highest BCUT2D eigenvalue weighted by Crippen LogP contribution is 2.48. The standard InChI is InChI=1S/C14H22ClN3/c1-9-14(15)13(18(2)17-9)8-16-7-12(10-3-4-10)11-5-6-11/h10-12,16H,3-8H2,1-2H3. The number of aromatic nitrogens is 2. The van der Waals surface area contributed by atoms with Crippen LogP contribution >= 0.6 is 11.6 Å². The van der Waals surface area contributed by atoms with Gasteiger partial charge in [0.2, 0.25) is 0 Å². The molecule has 3 rings (SSSR count). The van der Waals surface area contributed by atoms with E-state index in [1.807, 2.05) is 18.7 Å². The third kappa shape index (κ3) is 2.57. The van der Waals surface area contributed by atoms with Crippen LogP contribution in [0.4, 0.5) is 0 Å². The molecule has 0 saturated heterocycles. The Hall–Kier alpha value is -0.540. The molecule has 0 radical (unpaired) electrons. The Morgan fingerprint density at radius 1 is 1.33 bits per heavy atom. The molecule has 0 atom stereocenters. The topological polar surface area (TPSA) is 29.9 Å². The third-order valence-corrected chi connectivity index (χ3v) is 4.88. The summed E-state index contributed by atoms with van der Waals surface area (Å²) in [4.78, 5) is 0. The Labute approximate surface area is 114 Å². The highest BCUT2D eigenvalue weighted by atomic mass is 35.5. The molecule has 1 heterocycles. The van der Waals surface area contributed by atoms with Gasteiger partial charge in [-0.3, -0.25) is 4.68 Å². The molecule has 0 amide bonds. The molecule has 1 N–H and O–H groups in total. The van der Waals surface area contributed by atoms with E-state index in [0.29, 0.717) is 0 Å². The van der Waals surface area contributed by atoms with Crippen molar-refractivity contribution in [2.75, 3.05) is 6.54 Å². The average Bonchev–Trinajstić information content (AvgIpc) is 3.21. The van der Waals surface area contributed by atoms with Gasteiger partial charge < -0.3 is 5.32 Å². The molecule has 0 aromatic carbocycles. The molecule has 1 aromatic heterocycles. The van der Waals surface area contributed by atoms with Crippen molar-refractivity contribution in [2.45, 2.75) is 39.2 Å². The summed E-state index contributed by atoms with van der Waals surface area (Å²) in [5.74, 6) is 2.93. The van der Waals surface area contributed by atoms with Gasteiger partial charge in [0, 0.05) is 13.6 Å². The molecule has 2 fully saturated rings. The zero-order valence-corrected chi connectivity index (χ0v) is 12.0. The van der Waals surface area contributed by atoms with Crippen molar-refractivity contribution in [3.8, 4) is 0 Å². The van der Waals surface area contributed by atoms with Crippen LogP contribution in [-0.4, -0.2) is 16.3 Å². The van der Waals surface area contributed by atoms with Crippen molar-refractivity contribution in [1.29, 1.82) is 0 Å². The zero-order valence-electron chi connectivity index (χ0n) is 11.2. The van der Waals surface area contributed by atoms with Crippen LogP contribution in [-0.2, 0) is 13.6 Å². The van der Waals surface area contributed by atoms with E-state index in [9.17, 15) is 0 Å². The Morgan fingerprint density at radius 2 is 1.94 bits per heavy atom. The number of nitrogens with one attached hydrogen (secondary N) is 1. The van der Waals surface area contributed by atoms with Crippen LogP contribution in [0.5, 0.6) is 0 Å². The lowest BCUT2D eigenvalue weighted by Crippen LogP contribution is -2.26. The summed E-state index contributed by atoms with van der Waals surface area (Å²) in [6, 6.07) is 0. The number of halogens is 1. The largest absolute Gasteiger partial charge is 0.311 e. The quantitative estimate of drug-likeness (QED) is 0.859. The van der Waals surface area contributed by atoms with E-state index in [4.69, 9.17) is 11.6 Å². The SMILES string of the molecule is Cc1nn(C)c(CNCC(C2CC2)C2CC2)c1Cl. The molecule has 4 heteroatoms. The first-order valence-electron chi connectivity index (χ1n) is 7.05. The van der Waals surface area contributed by atoms with Crippen molar-refractivity contribution in [3.63, 3.8) is 0 Å². The maximum Gasteiger partial charge on any atom is 0.0860 e. The molecular weight excluding hydrogens is 246 g/mol. The van der Waals surface area contributed by atoms with E-state index in [1.54, 1.807) is 0 Å². The van der Waals surface area contributed by atoms with Gasteiger partial charge in [-0.25, -0.2) is 0 Å². The Bertz CT molecular complexity index is 420. The molecular formula is C14H22ClN3. The first-order chi connectivity index (χ1) is 8.66. The summed E-state index contributed by atoms with van der Waals surface area (Å²) in [5.41, 5.74) is 2.04. The predicted molar refractivity (Wildman–Crippen MR) is 73.6 cm³/mol. The van der Waals surface area contributed by atoms with E-state index in [2.05, 4.69) is 10.4 Å². The Balaban J connectivity index is 1.54. The van der Waals surface area contributed by atoms with Crippen LogP contribution in [0.1, 0.15) is 37.1 Å². The van der Waals surface area contributed by atoms with Crippen molar-refractivity contribution >= 4 is 11.6 Å². The summed E-state index contributed by atoms with van der Waals surface area (Å²) in [6.07, 6.45) is 5.81. The fourth-order valence-corrected chi connectivity index (χ4v) is 3.22. The van der Waals surface area contributed by atoms with Crippen molar-refractivity contribution in [1.82, 2.24) is 15.1 Å². The van der Waals surface area contributed by atoms with Crippen molar-refractivity contribution in [2.24, 2.45) is 24.8 Å². The summed E-state index contributed by atoms with van der Waals surface area (Å²) < 4.78 is 1.90. The third-order valence-electron chi connectivity index (χ3n) is 4.39. The molecule has 2 aliphatic carbocycles. The molecule has 0 spiro atoms. The molecule has 100 valence electrons. The second kappa shape index (κ2) is 4.86. The number of rotatable bonds is 6. The number of hydrogen-bond acceptors (Lipinski definition) is 2. The first kappa shape index (κ1) is 12.5. The Morgan fingerprint density at radius 3 is 2.39 bits per heavy atom. The van der Waals surface area contributed by atoms with Gasteiger partial charge in [0.1, 0.15) is 0 Å². The van der Waals surface area contributed by atoms with Gasteiger partial charge in [-0.05, 0) is 56.9 Å². The Kier molecular flexibility index (Phi) is 3.37. The lowest BCUT2D eigenvalue weighted by Gasteiger charge is -2.16. The summed E-state index contributed by atoms with van der Waals surface area (Å²) in [5, 5.41) is 8.76. The van der Waals surface area contributed by atoms with Crippen LogP contribution in [0, 0.1) is 24.7 Å². The second-order valence-corrected chi connectivity index (χ2v) is 6.32. The number of aryl methyl sites for hydroxylation is 2. The number of hydrogen-bond donors (Lipinski definition) is 1. The summed E-state index contributed by atoms with van der Waals surface area (Å²) >= 11 is 6.26. The zero-order chi connectivity index (χ0) is 12.7. The van der Waals surface area contributed by atoms with Gasteiger partial charge in [0.05, 0.1) is 16.4 Å². The first-order valence-corrected chi connectivity index (χ1v) is 7.43. The maximum atomic E-state index is 6.26. The molecule has 0 bridgehead atoms. The fraction of sp³-hybridized carbons (Fsp3) is 0.786. The van der Waals surface area contributed by atoms with Crippen molar-refractivity contribution in [3.05, 3.63) is 16.4 Å². The fourth-order valence-electron chi connectivity index (χ4n) is 3.00. The van der Waals surface area contributed by atoms with Gasteiger partial charge in [-0.15, -0.1) is 0 Å². The smallest absolute Gasteiger partial charge is 0.0860 e. The van der Waals surface area contributed by atoms with E-state index in [-0.39, 0.29) is 0 Å². The monoisotopic (exact) mass is 267 g/mol. The van der Waals surface area contributed by atoms with Gasteiger partial charge >= 0.3 is 0 Å². The molecule has 0 unspecified atom stereocenters. The van der Waals surface area contributed by atoms with Gasteiger partial charge in [0.25, 0.3) is 0 Å². The predicted octanol–water partition coefficient (Wildman–Crippen LogP) is 2.91. The van der Waals surface area contributed by atoms with Crippen LogP contribution in [0.3, 0.4) is 0 Å². The second-order valence-electron chi connectivity index (χ2n) is 5.94. The summed E-state index contributed by atoms with van der Waals surface area (Å²) in [7, 11) is 1.97. The molecule has 0 aliphatic heterocycles. The van der Waals surface area contributed by atoms with E-state index in [1.165, 1.54) is 25.7 Å². The molecule has 3 nitrogen and oxygen atoms in total. The van der Waals surface area contributed by atoms with Gasteiger partial charge in [0.15, 0.2) is 0 Å². The van der Waals surface area contributed by atoms with E-state index >= 15 is 0 Å². The normalized spacial score (nSPS) is 19.8. The minimum atomic E-state index is 0.819. The highest BCUT2D eigenvalue weighted by molar-refractivity contribution is 6.31. The van der Waals surface area contributed by atoms with E-state index in [0.717, 1.165) is 47.3 Å². The van der Waals surface area contributed by atoms with E-state index < -0.39 is 0 Å². The average molecular weight is 268 g/mol. The maximum absolute atomic E-state index is 6.26. The van der Waals surface area contributed by atoms with Crippen LogP contribution in [0.25, 0.3) is 0 Å². The minimum absolute atomic E-state index is 0.819. The van der Waals surface area contributed by atoms with Crippen LogP contribution in [0.15, 0.2) is 0 Å². The van der Waals surface area contributed by atoms with Crippen LogP contribution < -0.4 is 5.32 Å². The molecule has 2 aliphatic rings. The van der Waals surface area contributed by atoms with Crippen LogP contribution in [0.2, 0.25) is 5.02 Å². The van der Waals surface area contributed by atoms with Crippen molar-refractivity contribution < 1.29 is 0 Å². The lowest BCUT2D eigenvalue weighted by molar-refractivity contribution is 0.376. The molecule has 1 aromatic rings. The lowest BCUT2D eigenvalue weighted by atomic mass is 9.98. The summed E-state index contributed by atoms with van der Waals surface area (Å²) in [6.45, 7) is 3.95. The minimum Gasteiger partial charge on any atom is -0.311 e. The molecule has 2 saturated carbocycles. The molecule has 18 heavy (non-hydrogen) atoms. The van der Waals surface area contributed by atoms with Gasteiger partial charge in [-0.2, -0.15) is 5.10 Å². The highest BCUT2D eigenvalue weighted by Gasteiger charge is 2.40. The number of nitrogens with zero attached hydrogens (tertiary/aromatic N) is 2.